The first kappa shape index (κ1) is 22.3. The lowest BCUT2D eigenvalue weighted by Gasteiger charge is -2.29. The molecule has 1 aliphatic rings. The predicted octanol–water partition coefficient (Wildman–Crippen LogP) is 3.28. The van der Waals surface area contributed by atoms with Crippen molar-refractivity contribution in [2.75, 3.05) is 6.54 Å². The molecule has 0 bridgehead atoms. The molecule has 0 saturated heterocycles. The number of carbonyl (C=O) groups is 1. The Bertz CT molecular complexity index is 581. The van der Waals surface area contributed by atoms with Crippen molar-refractivity contribution in [3.63, 3.8) is 0 Å². The van der Waals surface area contributed by atoms with Crippen molar-refractivity contribution in [2.24, 2.45) is 11.5 Å². The van der Waals surface area contributed by atoms with E-state index in [0.29, 0.717) is 18.3 Å². The smallest absolute Gasteiger partial charge is 0.251 e. The number of rotatable bonds is 5. The minimum absolute atomic E-state index is 0.0880. The van der Waals surface area contributed by atoms with Crippen molar-refractivity contribution in [1.29, 1.82) is 0 Å². The first-order valence-corrected chi connectivity index (χ1v) is 9.43. The van der Waals surface area contributed by atoms with Crippen molar-refractivity contribution in [3.8, 4) is 0 Å². The van der Waals surface area contributed by atoms with Gasteiger partial charge in [0.2, 0.25) is 0 Å². The van der Waals surface area contributed by atoms with Gasteiger partial charge in [-0.25, -0.2) is 4.39 Å². The van der Waals surface area contributed by atoms with Gasteiger partial charge in [0.15, 0.2) is 0 Å². The summed E-state index contributed by atoms with van der Waals surface area (Å²) in [6.07, 6.45) is 6.24. The molecule has 0 atom stereocenters. The van der Waals surface area contributed by atoms with Crippen molar-refractivity contribution < 1.29 is 9.18 Å². The fourth-order valence-electron chi connectivity index (χ4n) is 2.72. The Kier molecular flexibility index (Phi) is 10.1. The number of nitrogens with two attached hydrogens (primary N) is 2. The lowest BCUT2D eigenvalue weighted by molar-refractivity contribution is 0.0924. The van der Waals surface area contributed by atoms with E-state index in [-0.39, 0.29) is 22.5 Å². The van der Waals surface area contributed by atoms with E-state index in [1.165, 1.54) is 30.8 Å². The number of amides is 1. The maximum atomic E-state index is 13.3. The Morgan fingerprint density at radius 2 is 1.81 bits per heavy atom. The van der Waals surface area contributed by atoms with Crippen LogP contribution in [0.1, 0.15) is 56.3 Å². The van der Waals surface area contributed by atoms with Gasteiger partial charge < -0.3 is 22.1 Å². The van der Waals surface area contributed by atoms with E-state index in [4.69, 9.17) is 23.1 Å². The second-order valence-corrected chi connectivity index (χ2v) is 6.95. The van der Waals surface area contributed by atoms with E-state index in [2.05, 4.69) is 24.5 Å². The maximum Gasteiger partial charge on any atom is 0.251 e. The fraction of sp³-hybridized carbons (Fsp3) is 0.526. The van der Waals surface area contributed by atoms with E-state index < -0.39 is 5.82 Å². The molecule has 1 aromatic rings. The summed E-state index contributed by atoms with van der Waals surface area (Å²) in [5, 5.41) is 6.49. The third-order valence-corrected chi connectivity index (χ3v) is 4.21. The van der Waals surface area contributed by atoms with Gasteiger partial charge in [0.05, 0.1) is 0 Å². The van der Waals surface area contributed by atoms with Gasteiger partial charge in [0.25, 0.3) is 5.91 Å². The maximum absolute atomic E-state index is 13.3. The van der Waals surface area contributed by atoms with Crippen molar-refractivity contribution in [2.45, 2.75) is 58.0 Å². The highest BCUT2D eigenvalue weighted by Crippen LogP contribution is 2.20. The molecule has 1 aromatic carbocycles. The van der Waals surface area contributed by atoms with Crippen LogP contribution in [0.25, 0.3) is 0 Å². The van der Waals surface area contributed by atoms with Crippen molar-refractivity contribution in [1.82, 2.24) is 10.6 Å². The van der Waals surface area contributed by atoms with Gasteiger partial charge in [-0.2, -0.15) is 0 Å². The van der Waals surface area contributed by atoms with Crippen LogP contribution in [0, 0.1) is 5.82 Å². The van der Waals surface area contributed by atoms with Gasteiger partial charge in [-0.05, 0) is 43.9 Å². The summed E-state index contributed by atoms with van der Waals surface area (Å²) in [6.45, 7) is 4.82. The predicted molar refractivity (Wildman–Crippen MR) is 105 cm³/mol. The molecule has 2 rings (SSSR count). The summed E-state index contributed by atoms with van der Waals surface area (Å²) in [4.78, 5) is 12.2. The van der Waals surface area contributed by atoms with Gasteiger partial charge in [-0.1, -0.05) is 31.9 Å². The molecule has 0 aliphatic heterocycles. The highest BCUT2D eigenvalue weighted by atomic mass is 35.5. The Labute approximate surface area is 160 Å². The van der Waals surface area contributed by atoms with Crippen LogP contribution in [0.5, 0.6) is 0 Å². The Balaban J connectivity index is 0.00000105. The summed E-state index contributed by atoms with van der Waals surface area (Å²) >= 11 is 5.78. The number of benzene rings is 1. The minimum atomic E-state index is -0.513. The van der Waals surface area contributed by atoms with E-state index in [1.54, 1.807) is 0 Å². The zero-order chi connectivity index (χ0) is 19.5. The van der Waals surface area contributed by atoms with E-state index in [9.17, 15) is 9.18 Å². The molecular formula is C19H30ClFN4O. The Morgan fingerprint density at radius 1 is 1.23 bits per heavy atom. The molecular weight excluding hydrogens is 355 g/mol. The van der Waals surface area contributed by atoms with Crippen LogP contribution in [-0.2, 0) is 0 Å². The quantitative estimate of drug-likeness (QED) is 0.626. The lowest BCUT2D eigenvalue weighted by Crippen LogP contribution is -2.43. The molecule has 0 aromatic heterocycles. The van der Waals surface area contributed by atoms with Crippen LogP contribution in [0.15, 0.2) is 30.1 Å². The minimum Gasteiger partial charge on any atom is -0.403 e. The van der Waals surface area contributed by atoms with Crippen LogP contribution in [0.4, 0.5) is 4.39 Å². The third kappa shape index (κ3) is 8.06. The van der Waals surface area contributed by atoms with Crippen LogP contribution in [0.2, 0.25) is 5.02 Å². The topological polar surface area (TPSA) is 93.2 Å². The second-order valence-electron chi connectivity index (χ2n) is 6.51. The van der Waals surface area contributed by atoms with Crippen LogP contribution in [-0.4, -0.2) is 24.5 Å². The largest absolute Gasteiger partial charge is 0.403 e. The molecule has 6 N–H and O–H groups in total. The first-order valence-electron chi connectivity index (χ1n) is 9.06. The van der Waals surface area contributed by atoms with Gasteiger partial charge in [0.1, 0.15) is 5.82 Å². The van der Waals surface area contributed by atoms with Gasteiger partial charge in [-0.15, -0.1) is 0 Å². The molecule has 146 valence electrons. The molecule has 1 amide bonds. The molecule has 1 saturated carbocycles. The summed E-state index contributed by atoms with van der Waals surface area (Å²) in [5.41, 5.74) is 11.8. The summed E-state index contributed by atoms with van der Waals surface area (Å²) in [6, 6.07) is 4.29. The second kappa shape index (κ2) is 11.8. The van der Waals surface area contributed by atoms with Gasteiger partial charge in [-0.3, -0.25) is 4.79 Å². The van der Waals surface area contributed by atoms with Gasteiger partial charge in [0, 0.05) is 41.1 Å². The molecule has 7 heteroatoms. The monoisotopic (exact) mass is 384 g/mol. The Morgan fingerprint density at radius 3 is 2.35 bits per heavy atom. The summed E-state index contributed by atoms with van der Waals surface area (Å²) in [7, 11) is 0. The molecule has 0 heterocycles. The lowest BCUT2D eigenvalue weighted by atomic mass is 9.91. The normalized spacial score (nSPS) is 20.1. The van der Waals surface area contributed by atoms with Crippen molar-refractivity contribution >= 4 is 17.5 Å². The first-order chi connectivity index (χ1) is 12.4. The molecule has 1 fully saturated rings. The van der Waals surface area contributed by atoms with Crippen LogP contribution >= 0.6 is 11.6 Å². The zero-order valence-corrected chi connectivity index (χ0v) is 16.3. The fourth-order valence-corrected chi connectivity index (χ4v) is 2.94. The zero-order valence-electron chi connectivity index (χ0n) is 15.5. The third-order valence-electron chi connectivity index (χ3n) is 4.00. The highest BCUT2D eigenvalue weighted by Gasteiger charge is 2.22. The van der Waals surface area contributed by atoms with E-state index >= 15 is 0 Å². The summed E-state index contributed by atoms with van der Waals surface area (Å²) < 4.78 is 13.3. The number of nitrogens with one attached hydrogen (secondary N) is 2. The van der Waals surface area contributed by atoms with Gasteiger partial charge >= 0.3 is 0 Å². The van der Waals surface area contributed by atoms with Crippen LogP contribution < -0.4 is 22.1 Å². The van der Waals surface area contributed by atoms with E-state index in [0.717, 1.165) is 25.7 Å². The van der Waals surface area contributed by atoms with Crippen molar-refractivity contribution in [3.05, 3.63) is 46.5 Å². The molecule has 1 aliphatic carbocycles. The number of halogens is 2. The SMILES string of the molecule is CCC.N/C=C(\N)CNC1CCC(NC(=O)c2cc(F)cc(Cl)c2)CC1. The average Bonchev–Trinajstić information content (AvgIpc) is 2.60. The molecule has 26 heavy (non-hydrogen) atoms. The number of hydrogen-bond acceptors (Lipinski definition) is 4. The van der Waals surface area contributed by atoms with E-state index in [1.807, 2.05) is 0 Å². The molecule has 0 unspecified atom stereocenters. The number of hydrogen-bond donors (Lipinski definition) is 4. The molecule has 5 nitrogen and oxygen atoms in total. The molecule has 0 radical (unpaired) electrons. The Hall–Kier alpha value is -1.79. The average molecular weight is 385 g/mol. The standard InChI is InChI=1S/C16H22ClFN4O.C3H8/c17-11-5-10(6-12(18)7-11)16(23)22-15-3-1-14(2-4-15)21-9-13(20)8-19;1-3-2/h5-8,14-15,21H,1-4,9,19-20H2,(H,22,23);3H2,1-2H3/b13-8-;. The molecule has 0 spiro atoms. The summed E-state index contributed by atoms with van der Waals surface area (Å²) in [5.74, 6) is -0.806. The van der Waals surface area contributed by atoms with Crippen LogP contribution in [0.3, 0.4) is 0 Å². The highest BCUT2D eigenvalue weighted by molar-refractivity contribution is 6.31. The number of carbonyl (C=O) groups excluding carboxylic acids is 1.